The van der Waals surface area contributed by atoms with Crippen LogP contribution in [0.15, 0.2) is 12.1 Å². The summed E-state index contributed by atoms with van der Waals surface area (Å²) in [6.45, 7) is 8.09. The van der Waals surface area contributed by atoms with E-state index in [4.69, 9.17) is 24.8 Å². The van der Waals surface area contributed by atoms with E-state index in [1.54, 1.807) is 0 Å². The minimum absolute atomic E-state index is 0.186. The van der Waals surface area contributed by atoms with E-state index in [1.165, 1.54) is 48.9 Å². The first kappa shape index (κ1) is 29.5. The molecular formula is C29H44N4O5. The normalized spacial score (nSPS) is 23.7. The van der Waals surface area contributed by atoms with Gasteiger partial charge in [0.2, 0.25) is 5.91 Å². The van der Waals surface area contributed by atoms with E-state index < -0.39 is 0 Å². The highest BCUT2D eigenvalue weighted by molar-refractivity contribution is 5.89. The standard InChI is InChI=1S/C27H40N4O.2CH2O2/c1-18-9-8-10-21(17-18)31-24-14-13-23-22(12-11-19(2)29(23)4)25(24)28-26(31)20(3)27(32)30-15-6-5-7-16-30;2*2-1-3/h13-14,18-21H,5-12,15-17H2,1-4H3;2*1H,(H,2,3). The molecule has 2 N–H and O–H groups in total. The number of likely N-dealkylation sites (tertiary alicyclic amines) is 1. The second-order valence-corrected chi connectivity index (χ2v) is 11.0. The number of nitrogens with zero attached hydrogens (tertiary/aromatic N) is 4. The topological polar surface area (TPSA) is 116 Å². The summed E-state index contributed by atoms with van der Waals surface area (Å²) >= 11 is 0. The highest BCUT2D eigenvalue weighted by atomic mass is 16.3. The number of aromatic nitrogens is 2. The molecule has 9 nitrogen and oxygen atoms in total. The maximum atomic E-state index is 13.5. The van der Waals surface area contributed by atoms with Gasteiger partial charge >= 0.3 is 0 Å². The van der Waals surface area contributed by atoms with Gasteiger partial charge < -0.3 is 24.6 Å². The van der Waals surface area contributed by atoms with Crippen LogP contribution in [0, 0.1) is 5.92 Å². The summed E-state index contributed by atoms with van der Waals surface area (Å²) < 4.78 is 2.50. The predicted octanol–water partition coefficient (Wildman–Crippen LogP) is 5.08. The molecule has 1 saturated heterocycles. The molecule has 3 heterocycles. The average molecular weight is 529 g/mol. The molecule has 3 aliphatic rings. The third-order valence-corrected chi connectivity index (χ3v) is 8.52. The zero-order valence-corrected chi connectivity index (χ0v) is 23.3. The number of hydrogen-bond acceptors (Lipinski definition) is 5. The van der Waals surface area contributed by atoms with Crippen molar-refractivity contribution in [3.8, 4) is 0 Å². The molecule has 38 heavy (non-hydrogen) atoms. The minimum Gasteiger partial charge on any atom is -0.483 e. The fourth-order valence-corrected chi connectivity index (χ4v) is 6.41. The molecule has 1 aromatic carbocycles. The first-order valence-electron chi connectivity index (χ1n) is 14.0. The van der Waals surface area contributed by atoms with Crippen molar-refractivity contribution in [1.82, 2.24) is 14.5 Å². The summed E-state index contributed by atoms with van der Waals surface area (Å²) in [5, 5.41) is 13.8. The summed E-state index contributed by atoms with van der Waals surface area (Å²) in [4.78, 5) is 40.0. The molecular weight excluding hydrogens is 484 g/mol. The second kappa shape index (κ2) is 13.6. The molecule has 1 aliphatic carbocycles. The Bertz CT molecular complexity index is 1090. The molecule has 2 fully saturated rings. The van der Waals surface area contributed by atoms with Crippen LogP contribution in [0.5, 0.6) is 0 Å². The third kappa shape index (κ3) is 6.30. The van der Waals surface area contributed by atoms with Crippen molar-refractivity contribution in [2.75, 3.05) is 25.0 Å². The lowest BCUT2D eigenvalue weighted by Crippen LogP contribution is -2.39. The number of carbonyl (C=O) groups is 3. The van der Waals surface area contributed by atoms with Crippen molar-refractivity contribution < 1.29 is 24.6 Å². The molecule has 9 heteroatoms. The Balaban J connectivity index is 0.000000611. The van der Waals surface area contributed by atoms with Crippen LogP contribution in [-0.4, -0.2) is 69.7 Å². The van der Waals surface area contributed by atoms with E-state index in [9.17, 15) is 4.79 Å². The zero-order chi connectivity index (χ0) is 27.8. The maximum Gasteiger partial charge on any atom is 0.290 e. The lowest BCUT2D eigenvalue weighted by atomic mass is 9.86. The molecule has 2 aliphatic heterocycles. The number of carbonyl (C=O) groups excluding carboxylic acids is 1. The summed E-state index contributed by atoms with van der Waals surface area (Å²) in [5.41, 5.74) is 5.09. The molecule has 0 spiro atoms. The van der Waals surface area contributed by atoms with Crippen LogP contribution in [-0.2, 0) is 20.8 Å². The van der Waals surface area contributed by atoms with E-state index in [2.05, 4.69) is 54.3 Å². The first-order valence-corrected chi connectivity index (χ1v) is 14.0. The van der Waals surface area contributed by atoms with Crippen LogP contribution in [0.4, 0.5) is 5.69 Å². The van der Waals surface area contributed by atoms with Gasteiger partial charge in [-0.05, 0) is 76.8 Å². The van der Waals surface area contributed by atoms with E-state index in [0.717, 1.165) is 56.0 Å². The first-order chi connectivity index (χ1) is 18.3. The van der Waals surface area contributed by atoms with Gasteiger partial charge in [-0.2, -0.15) is 0 Å². The Morgan fingerprint density at radius 1 is 1.03 bits per heavy atom. The number of amides is 1. The fraction of sp³-hybridized carbons (Fsp3) is 0.655. The van der Waals surface area contributed by atoms with E-state index in [1.807, 2.05) is 0 Å². The number of carboxylic acid groups (broad SMARTS) is 2. The number of piperidine rings is 1. The summed E-state index contributed by atoms with van der Waals surface area (Å²) in [6, 6.07) is 5.60. The highest BCUT2D eigenvalue weighted by Crippen LogP contribution is 2.41. The molecule has 210 valence electrons. The largest absolute Gasteiger partial charge is 0.483 e. The second-order valence-electron chi connectivity index (χ2n) is 11.0. The van der Waals surface area contributed by atoms with Gasteiger partial charge in [0.15, 0.2) is 0 Å². The number of rotatable bonds is 3. The number of aryl methyl sites for hydroxylation is 1. The number of fused-ring (bicyclic) bond motifs is 3. The predicted molar refractivity (Wildman–Crippen MR) is 149 cm³/mol. The van der Waals surface area contributed by atoms with Gasteiger partial charge in [-0.25, -0.2) is 4.98 Å². The van der Waals surface area contributed by atoms with Crippen LogP contribution in [0.1, 0.15) is 95.5 Å². The number of anilines is 1. The van der Waals surface area contributed by atoms with Crippen molar-refractivity contribution >= 4 is 35.6 Å². The fourth-order valence-electron chi connectivity index (χ4n) is 6.41. The van der Waals surface area contributed by atoms with Crippen molar-refractivity contribution in [2.45, 2.75) is 96.6 Å². The molecule has 2 aromatic rings. The van der Waals surface area contributed by atoms with Crippen LogP contribution in [0.2, 0.25) is 0 Å². The van der Waals surface area contributed by atoms with E-state index >= 15 is 0 Å². The Morgan fingerprint density at radius 2 is 1.68 bits per heavy atom. The molecule has 0 radical (unpaired) electrons. The van der Waals surface area contributed by atoms with Crippen molar-refractivity contribution in [1.29, 1.82) is 0 Å². The van der Waals surface area contributed by atoms with Crippen LogP contribution in [0.25, 0.3) is 11.0 Å². The lowest BCUT2D eigenvalue weighted by molar-refractivity contribution is -0.133. The summed E-state index contributed by atoms with van der Waals surface area (Å²) in [6.07, 6.45) is 10.7. The Morgan fingerprint density at radius 3 is 2.32 bits per heavy atom. The molecule has 0 bridgehead atoms. The van der Waals surface area contributed by atoms with Crippen molar-refractivity contribution in [3.63, 3.8) is 0 Å². The van der Waals surface area contributed by atoms with Gasteiger partial charge in [-0.3, -0.25) is 14.4 Å². The molecule has 4 unspecified atom stereocenters. The van der Waals surface area contributed by atoms with Crippen LogP contribution in [0.3, 0.4) is 0 Å². The number of benzene rings is 1. The van der Waals surface area contributed by atoms with Gasteiger partial charge in [-0.15, -0.1) is 0 Å². The van der Waals surface area contributed by atoms with Crippen molar-refractivity contribution in [3.05, 3.63) is 23.5 Å². The Kier molecular flexibility index (Phi) is 10.6. The smallest absolute Gasteiger partial charge is 0.290 e. The Labute approximate surface area is 225 Å². The Hall–Kier alpha value is -3.10. The maximum absolute atomic E-state index is 13.5. The van der Waals surface area contributed by atoms with Crippen LogP contribution < -0.4 is 4.90 Å². The zero-order valence-electron chi connectivity index (χ0n) is 23.3. The van der Waals surface area contributed by atoms with Crippen molar-refractivity contribution in [2.24, 2.45) is 5.92 Å². The van der Waals surface area contributed by atoms with Gasteiger partial charge in [-0.1, -0.05) is 19.8 Å². The van der Waals surface area contributed by atoms with Gasteiger partial charge in [0, 0.05) is 43.5 Å². The van der Waals surface area contributed by atoms with Gasteiger partial charge in [0.25, 0.3) is 12.9 Å². The van der Waals surface area contributed by atoms with Gasteiger partial charge in [0.1, 0.15) is 5.82 Å². The quantitative estimate of drug-likeness (QED) is 0.534. The molecule has 1 saturated carbocycles. The summed E-state index contributed by atoms with van der Waals surface area (Å²) in [7, 11) is 2.21. The highest BCUT2D eigenvalue weighted by Gasteiger charge is 2.33. The molecule has 5 rings (SSSR count). The summed E-state index contributed by atoms with van der Waals surface area (Å²) in [5.74, 6) is 1.82. The van der Waals surface area contributed by atoms with E-state index in [0.29, 0.717) is 12.1 Å². The monoisotopic (exact) mass is 528 g/mol. The number of imidazole rings is 1. The molecule has 1 amide bonds. The van der Waals surface area contributed by atoms with Gasteiger partial charge in [0.05, 0.1) is 17.0 Å². The SMILES string of the molecule is CC1CCCC(n2c(C(C)C(=O)N3CCCCC3)nc3c4c(ccc32)N(C)C(C)CC4)C1.O=CO.O=CO. The average Bonchev–Trinajstić information content (AvgIpc) is 3.31. The molecule has 4 atom stereocenters. The third-order valence-electron chi connectivity index (χ3n) is 8.52. The number of hydrogen-bond donors (Lipinski definition) is 2. The minimum atomic E-state index is -0.250. The van der Waals surface area contributed by atoms with E-state index in [-0.39, 0.29) is 24.8 Å². The van der Waals surface area contributed by atoms with Crippen LogP contribution >= 0.6 is 0 Å². The molecule has 1 aromatic heterocycles. The lowest BCUT2D eigenvalue weighted by Gasteiger charge is -2.34.